The van der Waals surface area contributed by atoms with E-state index in [9.17, 15) is 0 Å². The van der Waals surface area contributed by atoms with E-state index in [0.29, 0.717) is 5.92 Å². The third kappa shape index (κ3) is 1.28. The van der Waals surface area contributed by atoms with Crippen molar-refractivity contribution in [3.8, 4) is 0 Å². The van der Waals surface area contributed by atoms with Crippen molar-refractivity contribution in [3.63, 3.8) is 0 Å². The summed E-state index contributed by atoms with van der Waals surface area (Å²) in [6.45, 7) is 4.64. The van der Waals surface area contributed by atoms with Crippen LogP contribution in [0.2, 0.25) is 0 Å². The summed E-state index contributed by atoms with van der Waals surface area (Å²) in [6, 6.07) is 6.23. The topological polar surface area (TPSA) is 17.3 Å². The number of fused-ring (bicyclic) bond motifs is 3. The van der Waals surface area contributed by atoms with E-state index in [1.807, 2.05) is 0 Å². The molecule has 0 saturated carbocycles. The van der Waals surface area contributed by atoms with E-state index in [2.05, 4.69) is 42.6 Å². The maximum Gasteiger partial charge on any atom is 0.137 e. The molecule has 0 spiro atoms. The van der Waals surface area contributed by atoms with E-state index in [-0.39, 0.29) is 0 Å². The summed E-state index contributed by atoms with van der Waals surface area (Å²) < 4.78 is 2.26. The lowest BCUT2D eigenvalue weighted by Gasteiger charge is -2.23. The molecule has 15 heavy (non-hydrogen) atoms. The van der Waals surface area contributed by atoms with Crippen LogP contribution in [0.3, 0.4) is 0 Å². The first-order chi connectivity index (χ1) is 7.25. The SMILES string of the molecule is CC1Cc2nc3ccccn3c2C(C)C1. The van der Waals surface area contributed by atoms with Gasteiger partial charge in [0.2, 0.25) is 0 Å². The molecule has 2 atom stereocenters. The first-order valence-electron chi connectivity index (χ1n) is 5.71. The highest BCUT2D eigenvalue weighted by Crippen LogP contribution is 2.34. The van der Waals surface area contributed by atoms with Gasteiger partial charge in [-0.3, -0.25) is 0 Å². The summed E-state index contributed by atoms with van der Waals surface area (Å²) in [5.74, 6) is 1.42. The largest absolute Gasteiger partial charge is 0.304 e. The van der Waals surface area contributed by atoms with E-state index in [4.69, 9.17) is 4.98 Å². The van der Waals surface area contributed by atoms with Gasteiger partial charge in [-0.15, -0.1) is 0 Å². The molecule has 1 aliphatic carbocycles. The summed E-state index contributed by atoms with van der Waals surface area (Å²) in [7, 11) is 0. The van der Waals surface area contributed by atoms with Gasteiger partial charge < -0.3 is 4.40 Å². The smallest absolute Gasteiger partial charge is 0.137 e. The highest BCUT2D eigenvalue weighted by atomic mass is 15.0. The Morgan fingerprint density at radius 2 is 2.20 bits per heavy atom. The molecule has 0 N–H and O–H groups in total. The average molecular weight is 200 g/mol. The van der Waals surface area contributed by atoms with Crippen molar-refractivity contribution in [2.45, 2.75) is 32.6 Å². The minimum Gasteiger partial charge on any atom is -0.304 e. The van der Waals surface area contributed by atoms with Crippen LogP contribution in [-0.2, 0) is 6.42 Å². The number of rotatable bonds is 0. The lowest BCUT2D eigenvalue weighted by atomic mass is 9.84. The van der Waals surface area contributed by atoms with Gasteiger partial charge in [0, 0.05) is 11.9 Å². The van der Waals surface area contributed by atoms with Crippen LogP contribution < -0.4 is 0 Å². The Morgan fingerprint density at radius 3 is 3.07 bits per heavy atom. The third-order valence-electron chi connectivity index (χ3n) is 3.41. The Bertz CT molecular complexity index is 498. The number of nitrogens with zero attached hydrogens (tertiary/aromatic N) is 2. The summed E-state index contributed by atoms with van der Waals surface area (Å²) in [5.41, 5.74) is 3.85. The Labute approximate surface area is 90.0 Å². The summed E-state index contributed by atoms with van der Waals surface area (Å²) in [5, 5.41) is 0. The van der Waals surface area contributed by atoms with Crippen molar-refractivity contribution in [1.82, 2.24) is 9.38 Å². The number of aromatic nitrogens is 2. The number of imidazole rings is 1. The molecule has 0 radical (unpaired) electrons. The molecule has 1 aliphatic rings. The van der Waals surface area contributed by atoms with Gasteiger partial charge in [-0.25, -0.2) is 4.98 Å². The zero-order valence-electron chi connectivity index (χ0n) is 9.27. The van der Waals surface area contributed by atoms with Crippen LogP contribution in [-0.4, -0.2) is 9.38 Å². The Balaban J connectivity index is 2.27. The van der Waals surface area contributed by atoms with Crippen LogP contribution in [0.25, 0.3) is 5.65 Å². The molecule has 2 heteroatoms. The number of hydrogen-bond donors (Lipinski definition) is 0. The van der Waals surface area contributed by atoms with Gasteiger partial charge in [0.15, 0.2) is 0 Å². The lowest BCUT2D eigenvalue weighted by molar-refractivity contribution is 0.437. The Hall–Kier alpha value is -1.31. The number of pyridine rings is 1. The predicted octanol–water partition coefficient (Wildman–Crippen LogP) is 3.02. The molecule has 0 saturated heterocycles. The fraction of sp³-hybridized carbons (Fsp3) is 0.462. The van der Waals surface area contributed by atoms with Gasteiger partial charge in [0.25, 0.3) is 0 Å². The molecule has 2 nitrogen and oxygen atoms in total. The van der Waals surface area contributed by atoms with E-state index in [1.54, 1.807) is 0 Å². The van der Waals surface area contributed by atoms with Crippen molar-refractivity contribution in [1.29, 1.82) is 0 Å². The lowest BCUT2D eigenvalue weighted by Crippen LogP contribution is -2.15. The van der Waals surface area contributed by atoms with E-state index >= 15 is 0 Å². The molecule has 0 aromatic carbocycles. The van der Waals surface area contributed by atoms with Crippen molar-refractivity contribution in [2.24, 2.45) is 5.92 Å². The number of hydrogen-bond acceptors (Lipinski definition) is 1. The second-order valence-electron chi connectivity index (χ2n) is 4.82. The molecule has 2 heterocycles. The van der Waals surface area contributed by atoms with Gasteiger partial charge in [-0.05, 0) is 36.8 Å². The quantitative estimate of drug-likeness (QED) is 0.639. The normalized spacial score (nSPS) is 25.5. The van der Waals surface area contributed by atoms with Crippen LogP contribution in [0.4, 0.5) is 0 Å². The average Bonchev–Trinajstić information content (AvgIpc) is 2.54. The second kappa shape index (κ2) is 3.09. The standard InChI is InChI=1S/C13H16N2/c1-9-7-10(2)13-11(8-9)14-12-5-3-4-6-15(12)13/h3-6,9-10H,7-8H2,1-2H3. The zero-order valence-corrected chi connectivity index (χ0v) is 9.27. The maximum atomic E-state index is 4.72. The van der Waals surface area contributed by atoms with Gasteiger partial charge >= 0.3 is 0 Å². The minimum atomic E-state index is 0.640. The predicted molar refractivity (Wildman–Crippen MR) is 61.1 cm³/mol. The molecule has 0 amide bonds. The van der Waals surface area contributed by atoms with Crippen molar-refractivity contribution >= 4 is 5.65 Å². The molecule has 3 rings (SSSR count). The molecular formula is C13H16N2. The summed E-state index contributed by atoms with van der Waals surface area (Å²) in [6.07, 6.45) is 4.56. The second-order valence-corrected chi connectivity index (χ2v) is 4.82. The molecule has 0 fully saturated rings. The third-order valence-corrected chi connectivity index (χ3v) is 3.41. The first kappa shape index (κ1) is 8.96. The van der Waals surface area contributed by atoms with Crippen molar-refractivity contribution in [2.75, 3.05) is 0 Å². The van der Waals surface area contributed by atoms with E-state index < -0.39 is 0 Å². The molecule has 0 bridgehead atoms. The molecular weight excluding hydrogens is 184 g/mol. The van der Waals surface area contributed by atoms with Gasteiger partial charge in [0.05, 0.1) is 5.69 Å². The molecule has 0 aliphatic heterocycles. The first-order valence-corrected chi connectivity index (χ1v) is 5.71. The van der Waals surface area contributed by atoms with Crippen LogP contribution in [0.5, 0.6) is 0 Å². The molecule has 78 valence electrons. The van der Waals surface area contributed by atoms with E-state index in [0.717, 1.165) is 18.0 Å². The van der Waals surface area contributed by atoms with Gasteiger partial charge in [-0.2, -0.15) is 0 Å². The molecule has 2 aromatic heterocycles. The fourth-order valence-corrected chi connectivity index (χ4v) is 2.86. The van der Waals surface area contributed by atoms with Crippen LogP contribution in [0, 0.1) is 5.92 Å². The van der Waals surface area contributed by atoms with Crippen LogP contribution >= 0.6 is 0 Å². The van der Waals surface area contributed by atoms with Crippen molar-refractivity contribution < 1.29 is 0 Å². The van der Waals surface area contributed by atoms with Crippen molar-refractivity contribution in [3.05, 3.63) is 35.8 Å². The Morgan fingerprint density at radius 1 is 1.33 bits per heavy atom. The van der Waals surface area contributed by atoms with Gasteiger partial charge in [-0.1, -0.05) is 19.9 Å². The van der Waals surface area contributed by atoms with Crippen LogP contribution in [0.15, 0.2) is 24.4 Å². The van der Waals surface area contributed by atoms with E-state index in [1.165, 1.54) is 17.8 Å². The monoisotopic (exact) mass is 200 g/mol. The fourth-order valence-electron chi connectivity index (χ4n) is 2.86. The molecule has 2 aromatic rings. The summed E-state index contributed by atoms with van der Waals surface area (Å²) >= 11 is 0. The zero-order chi connectivity index (χ0) is 10.4. The summed E-state index contributed by atoms with van der Waals surface area (Å²) in [4.78, 5) is 4.72. The molecule has 2 unspecified atom stereocenters. The minimum absolute atomic E-state index is 0.640. The van der Waals surface area contributed by atoms with Crippen LogP contribution in [0.1, 0.15) is 37.6 Å². The highest BCUT2D eigenvalue weighted by molar-refractivity contribution is 5.44. The highest BCUT2D eigenvalue weighted by Gasteiger charge is 2.25. The van der Waals surface area contributed by atoms with Gasteiger partial charge in [0.1, 0.15) is 5.65 Å². The maximum absolute atomic E-state index is 4.72. The Kier molecular flexibility index (Phi) is 1.84.